The van der Waals surface area contributed by atoms with Gasteiger partial charge in [0.1, 0.15) is 0 Å². The number of para-hydroxylation sites is 1. The van der Waals surface area contributed by atoms with Crippen LogP contribution in [-0.4, -0.2) is 29.5 Å². The van der Waals surface area contributed by atoms with Crippen LogP contribution in [-0.2, 0) is 22.4 Å². The summed E-state index contributed by atoms with van der Waals surface area (Å²) in [7, 11) is 0. The summed E-state index contributed by atoms with van der Waals surface area (Å²) in [5.41, 5.74) is 3.33. The summed E-state index contributed by atoms with van der Waals surface area (Å²) in [4.78, 5) is 29.3. The Bertz CT molecular complexity index is 814. The van der Waals surface area contributed by atoms with Gasteiger partial charge in [0.05, 0.1) is 11.1 Å². The third kappa shape index (κ3) is 3.81. The first-order valence-electron chi connectivity index (χ1n) is 8.82. The summed E-state index contributed by atoms with van der Waals surface area (Å²) >= 11 is 0. The largest absolute Gasteiger partial charge is 0.452 e. The number of hydrogen-bond donors (Lipinski definition) is 1. The predicted octanol–water partition coefficient (Wildman–Crippen LogP) is 3.04. The van der Waals surface area contributed by atoms with Crippen LogP contribution < -0.4 is 5.32 Å². The molecule has 1 aliphatic rings. The van der Waals surface area contributed by atoms with Gasteiger partial charge in [0.15, 0.2) is 6.61 Å². The van der Waals surface area contributed by atoms with Crippen LogP contribution in [0.2, 0.25) is 0 Å². The summed E-state index contributed by atoms with van der Waals surface area (Å²) in [6.45, 7) is 5.66. The SMILES string of the molecule is CC(C)NC(=O)COC(=O)c1c2c(nc3ccccc13)CC[C@H](C)C2. The molecule has 0 bridgehead atoms. The number of hydrogen-bond acceptors (Lipinski definition) is 4. The third-order valence-corrected chi connectivity index (χ3v) is 4.49. The van der Waals surface area contributed by atoms with E-state index in [4.69, 9.17) is 9.72 Å². The van der Waals surface area contributed by atoms with Crippen molar-refractivity contribution in [2.24, 2.45) is 5.92 Å². The Morgan fingerprint density at radius 3 is 2.84 bits per heavy atom. The Hall–Kier alpha value is -2.43. The molecule has 5 heteroatoms. The number of fused-ring (bicyclic) bond motifs is 2. The number of esters is 1. The summed E-state index contributed by atoms with van der Waals surface area (Å²) < 4.78 is 5.32. The fourth-order valence-corrected chi connectivity index (χ4v) is 3.36. The Balaban J connectivity index is 1.95. The smallest absolute Gasteiger partial charge is 0.339 e. The minimum Gasteiger partial charge on any atom is -0.452 e. The van der Waals surface area contributed by atoms with Gasteiger partial charge in [-0.25, -0.2) is 4.79 Å². The van der Waals surface area contributed by atoms with Gasteiger partial charge in [-0.3, -0.25) is 9.78 Å². The van der Waals surface area contributed by atoms with E-state index in [2.05, 4.69) is 12.2 Å². The van der Waals surface area contributed by atoms with Crippen molar-refractivity contribution in [1.29, 1.82) is 0 Å². The number of aromatic nitrogens is 1. The van der Waals surface area contributed by atoms with Crippen molar-refractivity contribution in [1.82, 2.24) is 10.3 Å². The maximum atomic E-state index is 12.8. The minimum absolute atomic E-state index is 0.0153. The lowest BCUT2D eigenvalue weighted by atomic mass is 9.84. The van der Waals surface area contributed by atoms with Gasteiger partial charge in [-0.15, -0.1) is 0 Å². The molecular weight excluding hydrogens is 316 g/mol. The van der Waals surface area contributed by atoms with Crippen molar-refractivity contribution in [3.63, 3.8) is 0 Å². The Labute approximate surface area is 147 Å². The fraction of sp³-hybridized carbons (Fsp3) is 0.450. The fourth-order valence-electron chi connectivity index (χ4n) is 3.36. The standard InChI is InChI=1S/C20H24N2O3/c1-12(2)21-18(23)11-25-20(24)19-14-6-4-5-7-16(14)22-17-9-8-13(3)10-15(17)19/h4-7,12-13H,8-11H2,1-3H3,(H,21,23)/t13-/m0/s1. The average molecular weight is 340 g/mol. The lowest BCUT2D eigenvalue weighted by molar-refractivity contribution is -0.124. The number of carbonyl (C=O) groups is 2. The maximum Gasteiger partial charge on any atom is 0.339 e. The summed E-state index contributed by atoms with van der Waals surface area (Å²) in [5, 5.41) is 3.52. The van der Waals surface area contributed by atoms with Crippen LogP contribution in [0.4, 0.5) is 0 Å². The van der Waals surface area contributed by atoms with Crippen LogP contribution >= 0.6 is 0 Å². The molecule has 3 rings (SSSR count). The van der Waals surface area contributed by atoms with E-state index in [1.165, 1.54) is 0 Å². The first kappa shape index (κ1) is 17.4. The molecule has 25 heavy (non-hydrogen) atoms. The van der Waals surface area contributed by atoms with Gasteiger partial charge in [-0.2, -0.15) is 0 Å². The van der Waals surface area contributed by atoms with E-state index in [9.17, 15) is 9.59 Å². The molecule has 1 aromatic carbocycles. The van der Waals surface area contributed by atoms with Crippen molar-refractivity contribution in [2.45, 2.75) is 46.1 Å². The molecule has 0 fully saturated rings. The third-order valence-electron chi connectivity index (χ3n) is 4.49. The molecule has 0 saturated carbocycles. The predicted molar refractivity (Wildman–Crippen MR) is 96.5 cm³/mol. The molecule has 0 unspecified atom stereocenters. The molecule has 0 saturated heterocycles. The number of rotatable bonds is 4. The Morgan fingerprint density at radius 2 is 2.08 bits per heavy atom. The van der Waals surface area contributed by atoms with Crippen molar-refractivity contribution in [3.8, 4) is 0 Å². The Kier molecular flexibility index (Phi) is 5.02. The zero-order valence-electron chi connectivity index (χ0n) is 15.0. The van der Waals surface area contributed by atoms with Crippen molar-refractivity contribution < 1.29 is 14.3 Å². The number of ether oxygens (including phenoxy) is 1. The van der Waals surface area contributed by atoms with Crippen molar-refractivity contribution >= 4 is 22.8 Å². The van der Waals surface area contributed by atoms with E-state index in [1.807, 2.05) is 38.1 Å². The van der Waals surface area contributed by atoms with Crippen LogP contribution in [0.1, 0.15) is 48.8 Å². The van der Waals surface area contributed by atoms with E-state index < -0.39 is 5.97 Å². The molecule has 2 aromatic rings. The molecule has 0 aliphatic heterocycles. The number of benzene rings is 1. The van der Waals surface area contributed by atoms with E-state index in [1.54, 1.807) is 0 Å². The number of nitrogens with one attached hydrogen (secondary N) is 1. The van der Waals surface area contributed by atoms with Crippen molar-refractivity contribution in [2.75, 3.05) is 6.61 Å². The zero-order valence-corrected chi connectivity index (χ0v) is 15.0. The highest BCUT2D eigenvalue weighted by Crippen LogP contribution is 2.31. The second kappa shape index (κ2) is 7.21. The average Bonchev–Trinajstić information content (AvgIpc) is 2.57. The van der Waals surface area contributed by atoms with E-state index >= 15 is 0 Å². The molecule has 132 valence electrons. The molecule has 1 aromatic heterocycles. The highest BCUT2D eigenvalue weighted by atomic mass is 16.5. The van der Waals surface area contributed by atoms with Gasteiger partial charge < -0.3 is 10.1 Å². The van der Waals surface area contributed by atoms with Crippen LogP contribution in [0.5, 0.6) is 0 Å². The normalized spacial score (nSPS) is 16.6. The van der Waals surface area contributed by atoms with Gasteiger partial charge in [-0.05, 0) is 50.7 Å². The number of carbonyl (C=O) groups excluding carboxylic acids is 2. The highest BCUT2D eigenvalue weighted by molar-refractivity contribution is 6.05. The first-order valence-corrected chi connectivity index (χ1v) is 8.82. The van der Waals surface area contributed by atoms with E-state index in [-0.39, 0.29) is 18.6 Å². The van der Waals surface area contributed by atoms with Gasteiger partial charge in [-0.1, -0.05) is 25.1 Å². The molecule has 1 aliphatic carbocycles. The molecule has 1 N–H and O–H groups in total. The molecular formula is C20H24N2O3. The molecule has 1 atom stereocenters. The van der Waals surface area contributed by atoms with Crippen LogP contribution in [0.25, 0.3) is 10.9 Å². The van der Waals surface area contributed by atoms with Gasteiger partial charge in [0.25, 0.3) is 5.91 Å². The highest BCUT2D eigenvalue weighted by Gasteiger charge is 2.26. The number of amides is 1. The first-order chi connectivity index (χ1) is 12.0. The quantitative estimate of drug-likeness (QED) is 0.869. The molecule has 0 radical (unpaired) electrons. The molecule has 0 spiro atoms. The zero-order chi connectivity index (χ0) is 18.0. The molecule has 5 nitrogen and oxygen atoms in total. The monoisotopic (exact) mass is 340 g/mol. The van der Waals surface area contributed by atoms with Crippen molar-refractivity contribution in [3.05, 3.63) is 41.1 Å². The number of pyridine rings is 1. The molecule has 1 heterocycles. The van der Waals surface area contributed by atoms with Crippen LogP contribution in [0.3, 0.4) is 0 Å². The van der Waals surface area contributed by atoms with E-state index in [0.717, 1.165) is 41.4 Å². The topological polar surface area (TPSA) is 68.3 Å². The molecule has 1 amide bonds. The number of aryl methyl sites for hydroxylation is 1. The second-order valence-electron chi connectivity index (χ2n) is 7.08. The summed E-state index contributed by atoms with van der Waals surface area (Å²) in [6.07, 6.45) is 2.76. The van der Waals surface area contributed by atoms with Gasteiger partial charge in [0.2, 0.25) is 0 Å². The van der Waals surface area contributed by atoms with Gasteiger partial charge >= 0.3 is 5.97 Å². The van der Waals surface area contributed by atoms with Crippen LogP contribution in [0, 0.1) is 5.92 Å². The van der Waals surface area contributed by atoms with E-state index in [0.29, 0.717) is 11.5 Å². The lowest BCUT2D eigenvalue weighted by Gasteiger charge is -2.24. The lowest BCUT2D eigenvalue weighted by Crippen LogP contribution is -2.34. The maximum absolute atomic E-state index is 12.8. The Morgan fingerprint density at radius 1 is 1.32 bits per heavy atom. The van der Waals surface area contributed by atoms with Crippen LogP contribution in [0.15, 0.2) is 24.3 Å². The second-order valence-corrected chi connectivity index (χ2v) is 7.08. The number of nitrogens with zero attached hydrogens (tertiary/aromatic N) is 1. The summed E-state index contributed by atoms with van der Waals surface area (Å²) in [5.74, 6) is -0.224. The van der Waals surface area contributed by atoms with Gasteiger partial charge in [0, 0.05) is 17.1 Å². The minimum atomic E-state index is -0.442. The summed E-state index contributed by atoms with van der Waals surface area (Å²) in [6, 6.07) is 7.63.